The van der Waals surface area contributed by atoms with E-state index >= 15 is 0 Å². The van der Waals surface area contributed by atoms with E-state index in [1.165, 1.54) is 6.42 Å². The quantitative estimate of drug-likeness (QED) is 0.734. The van der Waals surface area contributed by atoms with Crippen LogP contribution in [0.15, 0.2) is 24.3 Å². The summed E-state index contributed by atoms with van der Waals surface area (Å²) in [6.07, 6.45) is -0.199. The number of hydrogen-bond acceptors (Lipinski definition) is 1. The number of alkyl halides is 3. The summed E-state index contributed by atoms with van der Waals surface area (Å²) in [5.41, 5.74) is 0.868. The predicted molar refractivity (Wildman–Crippen MR) is 70.4 cm³/mol. The first-order valence-electron chi connectivity index (χ1n) is 6.58. The number of rotatable bonds is 3. The minimum atomic E-state index is -4.37. The molecule has 2 rings (SSSR count). The minimum Gasteiger partial charge on any atom is -0.282 e. The summed E-state index contributed by atoms with van der Waals surface area (Å²) in [5.74, 6) is 0.275. The topological polar surface area (TPSA) is 17.1 Å². The molecule has 0 aromatic heterocycles. The van der Waals surface area contributed by atoms with E-state index in [2.05, 4.69) is 0 Å². The van der Waals surface area contributed by atoms with Crippen molar-refractivity contribution >= 4 is 13.1 Å². The third-order valence-corrected chi connectivity index (χ3v) is 5.16. The van der Waals surface area contributed by atoms with Crippen molar-refractivity contribution < 1.29 is 17.7 Å². The molecule has 1 aliphatic carbocycles. The second-order valence-electron chi connectivity index (χ2n) is 5.05. The maximum absolute atomic E-state index is 12.4. The fourth-order valence-electron chi connectivity index (χ4n) is 2.72. The molecule has 1 aromatic carbocycles. The van der Waals surface area contributed by atoms with Gasteiger partial charge in [0.25, 0.3) is 0 Å². The Kier molecular flexibility index (Phi) is 4.62. The van der Waals surface area contributed by atoms with Gasteiger partial charge in [0.2, 0.25) is 0 Å². The van der Waals surface area contributed by atoms with Crippen molar-refractivity contribution in [1.82, 2.24) is 0 Å². The van der Waals surface area contributed by atoms with Crippen LogP contribution < -0.4 is 5.30 Å². The van der Waals surface area contributed by atoms with Gasteiger partial charge in [0.05, 0.1) is 0 Å². The van der Waals surface area contributed by atoms with Gasteiger partial charge in [-0.25, -0.2) is 0 Å². The van der Waals surface area contributed by atoms with Gasteiger partial charge in [0.15, 0.2) is 0 Å². The van der Waals surface area contributed by atoms with Crippen LogP contribution in [-0.2, 0) is 4.57 Å². The smallest absolute Gasteiger partial charge is 0.282 e. The molecule has 19 heavy (non-hydrogen) atoms. The molecule has 0 aliphatic heterocycles. The molecule has 0 saturated heterocycles. The minimum absolute atomic E-state index is 0.275. The van der Waals surface area contributed by atoms with E-state index in [0.29, 0.717) is 5.30 Å². The molecule has 1 fully saturated rings. The highest BCUT2D eigenvalue weighted by Crippen LogP contribution is 2.37. The maximum atomic E-state index is 12.4. The highest BCUT2D eigenvalue weighted by atomic mass is 31.1. The summed E-state index contributed by atoms with van der Waals surface area (Å²) in [6.45, 7) is 0. The average molecular weight is 289 g/mol. The van der Waals surface area contributed by atoms with Gasteiger partial charge in [-0.3, -0.25) is 4.57 Å². The van der Waals surface area contributed by atoms with E-state index in [1.54, 1.807) is 12.1 Å². The van der Waals surface area contributed by atoms with Crippen molar-refractivity contribution in [1.29, 1.82) is 0 Å². The van der Waals surface area contributed by atoms with E-state index in [0.717, 1.165) is 31.2 Å². The summed E-state index contributed by atoms with van der Waals surface area (Å²) in [5, 5.41) is 0.404. The molecule has 1 nitrogen and oxygen atoms in total. The van der Waals surface area contributed by atoms with Gasteiger partial charge in [-0.05, 0) is 30.4 Å². The fraction of sp³-hybridized carbons (Fsp3) is 0.571. The molecule has 0 spiro atoms. The molecular formula is C14H17F3OP. The van der Waals surface area contributed by atoms with Gasteiger partial charge in [-0.1, -0.05) is 37.5 Å². The number of halogens is 3. The molecule has 1 aliphatic rings. The number of hydrogen-bond donors (Lipinski definition) is 0. The largest absolute Gasteiger partial charge is 0.399 e. The van der Waals surface area contributed by atoms with E-state index in [1.807, 2.05) is 12.1 Å². The van der Waals surface area contributed by atoms with Crippen LogP contribution >= 0.6 is 7.80 Å². The molecule has 5 heteroatoms. The highest BCUT2D eigenvalue weighted by Gasteiger charge is 2.32. The Labute approximate surface area is 112 Å². The first-order chi connectivity index (χ1) is 8.97. The van der Waals surface area contributed by atoms with Crippen LogP contribution in [0.25, 0.3) is 0 Å². The van der Waals surface area contributed by atoms with Gasteiger partial charge in [0.1, 0.15) is 14.0 Å². The van der Waals surface area contributed by atoms with Gasteiger partial charge < -0.3 is 0 Å². The SMILES string of the molecule is O=[P](CC(F)(F)F)c1ccccc1C1CCCCC1. The maximum Gasteiger partial charge on any atom is 0.399 e. The number of benzene rings is 1. The first kappa shape index (κ1) is 14.5. The lowest BCUT2D eigenvalue weighted by Gasteiger charge is -2.24. The molecule has 105 valence electrons. The third-order valence-electron chi connectivity index (χ3n) is 3.57. The molecule has 0 heterocycles. The standard InChI is InChI=1S/C14H17F3OP/c15-14(16,17)10-19(18)13-9-5-4-8-12(13)11-6-2-1-3-7-11/h4-5,8-9,11H,1-3,6-7,10H2. The van der Waals surface area contributed by atoms with Gasteiger partial charge in [0, 0.05) is 5.30 Å². The molecule has 1 atom stereocenters. The lowest BCUT2D eigenvalue weighted by molar-refractivity contribution is -0.106. The van der Waals surface area contributed by atoms with Crippen LogP contribution in [-0.4, -0.2) is 12.3 Å². The van der Waals surface area contributed by atoms with Crippen molar-refractivity contribution in [2.75, 3.05) is 6.16 Å². The van der Waals surface area contributed by atoms with E-state index < -0.39 is 20.1 Å². The van der Waals surface area contributed by atoms with Crippen molar-refractivity contribution in [3.63, 3.8) is 0 Å². The van der Waals surface area contributed by atoms with Crippen LogP contribution in [0.2, 0.25) is 0 Å². The Bertz CT molecular complexity index is 450. The lowest BCUT2D eigenvalue weighted by atomic mass is 9.84. The Hall–Kier alpha value is -0.890. The zero-order valence-corrected chi connectivity index (χ0v) is 11.5. The molecule has 1 saturated carbocycles. The van der Waals surface area contributed by atoms with E-state index in [9.17, 15) is 17.7 Å². The normalized spacial score (nSPS) is 18.4. The van der Waals surface area contributed by atoms with E-state index in [4.69, 9.17) is 0 Å². The van der Waals surface area contributed by atoms with Crippen LogP contribution in [0.3, 0.4) is 0 Å². The van der Waals surface area contributed by atoms with Gasteiger partial charge >= 0.3 is 6.18 Å². The van der Waals surface area contributed by atoms with Crippen LogP contribution in [0.5, 0.6) is 0 Å². The highest BCUT2D eigenvalue weighted by molar-refractivity contribution is 7.53. The summed E-state index contributed by atoms with van der Waals surface area (Å²) < 4.78 is 49.1. The fourth-order valence-corrected chi connectivity index (χ4v) is 4.01. The van der Waals surface area contributed by atoms with Crippen LogP contribution in [0, 0.1) is 0 Å². The summed E-state index contributed by atoms with van der Waals surface area (Å²) in [4.78, 5) is 0. The predicted octanol–water partition coefficient (Wildman–Crippen LogP) is 4.75. The van der Waals surface area contributed by atoms with Crippen molar-refractivity contribution in [3.05, 3.63) is 29.8 Å². The second-order valence-corrected chi connectivity index (χ2v) is 6.60. The molecule has 1 unspecified atom stereocenters. The van der Waals surface area contributed by atoms with Gasteiger partial charge in [-0.2, -0.15) is 13.2 Å². The van der Waals surface area contributed by atoms with Gasteiger partial charge in [-0.15, -0.1) is 0 Å². The van der Waals surface area contributed by atoms with Crippen LogP contribution in [0.1, 0.15) is 43.6 Å². The molecule has 0 bridgehead atoms. The first-order valence-corrected chi connectivity index (χ1v) is 8.02. The Morgan fingerprint density at radius 3 is 2.37 bits per heavy atom. The van der Waals surface area contributed by atoms with Crippen molar-refractivity contribution in [2.45, 2.75) is 44.2 Å². The lowest BCUT2D eigenvalue weighted by Crippen LogP contribution is -2.18. The van der Waals surface area contributed by atoms with Crippen molar-refractivity contribution in [2.24, 2.45) is 0 Å². The van der Waals surface area contributed by atoms with E-state index in [-0.39, 0.29) is 5.92 Å². The third kappa shape index (κ3) is 4.04. The zero-order chi connectivity index (χ0) is 13.9. The zero-order valence-electron chi connectivity index (χ0n) is 10.6. The van der Waals surface area contributed by atoms with Crippen LogP contribution in [0.4, 0.5) is 13.2 Å². The molecule has 0 amide bonds. The molecule has 1 radical (unpaired) electrons. The van der Waals surface area contributed by atoms with Crippen molar-refractivity contribution in [3.8, 4) is 0 Å². The molecular weight excluding hydrogens is 272 g/mol. The monoisotopic (exact) mass is 289 g/mol. The summed E-state index contributed by atoms with van der Waals surface area (Å²) in [7, 11) is -2.38. The Balaban J connectivity index is 2.22. The summed E-state index contributed by atoms with van der Waals surface area (Å²) in [6, 6.07) is 6.93. The molecule has 0 N–H and O–H groups in total. The second kappa shape index (κ2) is 6.04. The Morgan fingerprint density at radius 1 is 1.11 bits per heavy atom. The molecule has 1 aromatic rings. The summed E-state index contributed by atoms with van der Waals surface area (Å²) >= 11 is 0. The average Bonchev–Trinajstić information content (AvgIpc) is 2.38. The Morgan fingerprint density at radius 2 is 1.74 bits per heavy atom.